The summed E-state index contributed by atoms with van der Waals surface area (Å²) in [6.45, 7) is 3.22. The second-order valence-electron chi connectivity index (χ2n) is 8.10. The summed E-state index contributed by atoms with van der Waals surface area (Å²) in [4.78, 5) is 31.4. The molecule has 0 spiro atoms. The SMILES string of the molecule is Cc1noc(-c2c(N)ncnc2N[C@@H](C)c2nc3cccc(C#CCO)c3c(=O)n2-c2ccccc2)n1. The number of benzene rings is 2. The molecule has 0 radical (unpaired) electrons. The highest BCUT2D eigenvalue weighted by atomic mass is 16.5. The molecule has 3 aromatic heterocycles. The predicted molar refractivity (Wildman–Crippen MR) is 138 cm³/mol. The second kappa shape index (κ2) is 9.88. The number of nitrogens with zero attached hydrogens (tertiary/aromatic N) is 6. The number of rotatable bonds is 5. The maximum atomic E-state index is 13.9. The minimum atomic E-state index is -0.526. The van der Waals surface area contributed by atoms with Crippen LogP contribution in [0.2, 0.25) is 0 Å². The van der Waals surface area contributed by atoms with E-state index in [1.165, 1.54) is 10.9 Å². The summed E-state index contributed by atoms with van der Waals surface area (Å²) >= 11 is 0. The molecule has 0 aliphatic heterocycles. The maximum absolute atomic E-state index is 13.9. The average molecular weight is 495 g/mol. The van der Waals surface area contributed by atoms with Gasteiger partial charge in [0, 0.05) is 5.56 Å². The molecule has 4 N–H and O–H groups in total. The zero-order valence-corrected chi connectivity index (χ0v) is 20.0. The molecule has 0 unspecified atom stereocenters. The van der Waals surface area contributed by atoms with Crippen molar-refractivity contribution in [3.8, 4) is 29.0 Å². The number of para-hydroxylation sites is 1. The van der Waals surface area contributed by atoms with E-state index in [2.05, 4.69) is 37.3 Å². The zero-order valence-electron chi connectivity index (χ0n) is 20.0. The molecule has 184 valence electrons. The van der Waals surface area contributed by atoms with Crippen LogP contribution in [0.5, 0.6) is 0 Å². The van der Waals surface area contributed by atoms with E-state index >= 15 is 0 Å². The Morgan fingerprint density at radius 3 is 2.68 bits per heavy atom. The highest BCUT2D eigenvalue weighted by Gasteiger charge is 2.23. The van der Waals surface area contributed by atoms with Gasteiger partial charge in [-0.3, -0.25) is 9.36 Å². The Morgan fingerprint density at radius 1 is 1.14 bits per heavy atom. The fourth-order valence-electron chi connectivity index (χ4n) is 3.99. The van der Waals surface area contributed by atoms with Gasteiger partial charge in [-0.25, -0.2) is 15.0 Å². The third-order valence-corrected chi connectivity index (χ3v) is 5.60. The van der Waals surface area contributed by atoms with Crippen molar-refractivity contribution in [3.05, 3.63) is 82.4 Å². The van der Waals surface area contributed by atoms with Crippen LogP contribution < -0.4 is 16.6 Å². The minimum absolute atomic E-state index is 0.160. The Kier molecular flexibility index (Phi) is 6.32. The topological polar surface area (TPSA) is 158 Å². The summed E-state index contributed by atoms with van der Waals surface area (Å²) in [6.07, 6.45) is 1.32. The maximum Gasteiger partial charge on any atom is 0.267 e. The van der Waals surface area contributed by atoms with Crippen molar-refractivity contribution < 1.29 is 9.63 Å². The number of aryl methyl sites for hydroxylation is 1. The number of hydrogen-bond donors (Lipinski definition) is 3. The van der Waals surface area contributed by atoms with Crippen molar-refractivity contribution in [1.29, 1.82) is 0 Å². The Hall–Kier alpha value is -5.08. The summed E-state index contributed by atoms with van der Waals surface area (Å²) in [5.74, 6) is 7.01. The Labute approximate surface area is 211 Å². The Balaban J connectivity index is 1.69. The first kappa shape index (κ1) is 23.7. The number of anilines is 2. The molecule has 0 bridgehead atoms. The van der Waals surface area contributed by atoms with Gasteiger partial charge in [0.15, 0.2) is 5.82 Å². The lowest BCUT2D eigenvalue weighted by atomic mass is 10.1. The number of nitrogens with two attached hydrogens (primary N) is 1. The van der Waals surface area contributed by atoms with Crippen LogP contribution in [0.1, 0.15) is 30.2 Å². The van der Waals surface area contributed by atoms with Crippen LogP contribution >= 0.6 is 0 Å². The molecule has 0 aliphatic rings. The molecule has 5 aromatic rings. The lowest BCUT2D eigenvalue weighted by Gasteiger charge is -2.21. The number of aliphatic hydroxyl groups excluding tert-OH is 1. The first-order valence-electron chi connectivity index (χ1n) is 11.4. The molecular formula is C26H22N8O3. The molecule has 0 saturated carbocycles. The third-order valence-electron chi connectivity index (χ3n) is 5.60. The predicted octanol–water partition coefficient (Wildman–Crippen LogP) is 2.63. The van der Waals surface area contributed by atoms with Gasteiger partial charge in [-0.05, 0) is 38.1 Å². The van der Waals surface area contributed by atoms with Crippen LogP contribution in [0, 0.1) is 18.8 Å². The fraction of sp³-hybridized carbons (Fsp3) is 0.154. The van der Waals surface area contributed by atoms with Gasteiger partial charge in [-0.1, -0.05) is 41.3 Å². The van der Waals surface area contributed by atoms with Crippen molar-refractivity contribution in [1.82, 2.24) is 29.7 Å². The van der Waals surface area contributed by atoms with E-state index < -0.39 is 6.04 Å². The van der Waals surface area contributed by atoms with Crippen LogP contribution in [0.4, 0.5) is 11.6 Å². The molecule has 11 nitrogen and oxygen atoms in total. The molecular weight excluding hydrogens is 472 g/mol. The molecule has 0 amide bonds. The van der Waals surface area contributed by atoms with Gasteiger partial charge >= 0.3 is 0 Å². The van der Waals surface area contributed by atoms with Gasteiger partial charge in [0.2, 0.25) is 0 Å². The van der Waals surface area contributed by atoms with E-state index in [0.29, 0.717) is 45.2 Å². The van der Waals surface area contributed by atoms with E-state index in [1.807, 2.05) is 37.3 Å². The highest BCUT2D eigenvalue weighted by molar-refractivity contribution is 5.85. The first-order chi connectivity index (χ1) is 18.0. The van der Waals surface area contributed by atoms with E-state index in [9.17, 15) is 4.79 Å². The van der Waals surface area contributed by atoms with Crippen LogP contribution in [0.15, 0.2) is 64.2 Å². The third kappa shape index (κ3) is 4.49. The van der Waals surface area contributed by atoms with E-state index in [4.69, 9.17) is 20.3 Å². The smallest absolute Gasteiger partial charge is 0.267 e. The van der Waals surface area contributed by atoms with Gasteiger partial charge in [-0.2, -0.15) is 4.98 Å². The van der Waals surface area contributed by atoms with Crippen LogP contribution in [0.25, 0.3) is 28.0 Å². The largest absolute Gasteiger partial charge is 0.384 e. The molecule has 11 heteroatoms. The quantitative estimate of drug-likeness (QED) is 0.310. The molecule has 37 heavy (non-hydrogen) atoms. The number of hydrogen-bond acceptors (Lipinski definition) is 10. The van der Waals surface area contributed by atoms with Gasteiger partial charge in [0.05, 0.1) is 22.6 Å². The second-order valence-corrected chi connectivity index (χ2v) is 8.10. The monoisotopic (exact) mass is 494 g/mol. The Bertz CT molecular complexity index is 1720. The number of aromatic nitrogens is 6. The van der Waals surface area contributed by atoms with Gasteiger partial charge in [-0.15, -0.1) is 0 Å². The number of aliphatic hydroxyl groups is 1. The summed E-state index contributed by atoms with van der Waals surface area (Å²) in [7, 11) is 0. The number of nitrogens with one attached hydrogen (secondary N) is 1. The standard InChI is InChI=1S/C26H22N8O3/c1-15(30-23-21(22(27)28-14-29-23)25-31-16(2)33-37-25)24-32-19-12-6-8-17(9-7-13-35)20(19)26(36)34(24)18-10-4-3-5-11-18/h3-6,8,10-12,14-15,35H,13H2,1-2H3,(H3,27,28,29,30)/t15-/m0/s1. The molecule has 5 rings (SSSR count). The van der Waals surface area contributed by atoms with E-state index in [0.717, 1.165) is 0 Å². The van der Waals surface area contributed by atoms with Crippen molar-refractivity contribution in [2.45, 2.75) is 19.9 Å². The summed E-state index contributed by atoms with van der Waals surface area (Å²) in [5.41, 5.74) is 7.78. The van der Waals surface area contributed by atoms with Crippen LogP contribution in [-0.4, -0.2) is 41.4 Å². The van der Waals surface area contributed by atoms with Gasteiger partial charge < -0.3 is 20.7 Å². The molecule has 0 fully saturated rings. The van der Waals surface area contributed by atoms with Crippen LogP contribution in [-0.2, 0) is 0 Å². The van der Waals surface area contributed by atoms with Crippen molar-refractivity contribution >= 4 is 22.5 Å². The first-order valence-corrected chi connectivity index (χ1v) is 11.4. The fourth-order valence-corrected chi connectivity index (χ4v) is 3.99. The average Bonchev–Trinajstić information content (AvgIpc) is 3.33. The molecule has 2 aromatic carbocycles. The molecule has 1 atom stereocenters. The van der Waals surface area contributed by atoms with Crippen LogP contribution in [0.3, 0.4) is 0 Å². The van der Waals surface area contributed by atoms with Crippen molar-refractivity contribution in [2.24, 2.45) is 0 Å². The number of nitrogen functional groups attached to an aromatic ring is 1. The van der Waals surface area contributed by atoms with Crippen molar-refractivity contribution in [2.75, 3.05) is 17.7 Å². The minimum Gasteiger partial charge on any atom is -0.384 e. The summed E-state index contributed by atoms with van der Waals surface area (Å²) in [5, 5.41) is 16.6. The lowest BCUT2D eigenvalue weighted by molar-refractivity contribution is 0.350. The molecule has 0 saturated heterocycles. The van der Waals surface area contributed by atoms with E-state index in [-0.39, 0.29) is 23.9 Å². The molecule has 3 heterocycles. The molecule has 0 aliphatic carbocycles. The zero-order chi connectivity index (χ0) is 25.9. The van der Waals surface area contributed by atoms with Gasteiger partial charge in [0.1, 0.15) is 36.0 Å². The number of fused-ring (bicyclic) bond motifs is 1. The van der Waals surface area contributed by atoms with Crippen molar-refractivity contribution in [3.63, 3.8) is 0 Å². The lowest BCUT2D eigenvalue weighted by Crippen LogP contribution is -2.28. The highest BCUT2D eigenvalue weighted by Crippen LogP contribution is 2.31. The summed E-state index contributed by atoms with van der Waals surface area (Å²) < 4.78 is 6.84. The normalized spacial score (nSPS) is 11.6. The Morgan fingerprint density at radius 2 is 1.95 bits per heavy atom. The van der Waals surface area contributed by atoms with Gasteiger partial charge in [0.25, 0.3) is 11.4 Å². The van der Waals surface area contributed by atoms with E-state index in [1.54, 1.807) is 25.1 Å². The summed E-state index contributed by atoms with van der Waals surface area (Å²) in [6, 6.07) is 13.9.